The Morgan fingerprint density at radius 3 is 2.96 bits per heavy atom. The molecule has 120 valence electrons. The van der Waals surface area contributed by atoms with Gasteiger partial charge in [-0.1, -0.05) is 6.07 Å². The number of piperidine rings is 1. The maximum absolute atomic E-state index is 12.6. The molecule has 2 aromatic heterocycles. The zero-order chi connectivity index (χ0) is 16.3. The molecule has 1 saturated heterocycles. The van der Waals surface area contributed by atoms with E-state index in [1.54, 1.807) is 17.5 Å². The van der Waals surface area contributed by atoms with Crippen molar-refractivity contribution >= 4 is 21.4 Å². The van der Waals surface area contributed by atoms with Gasteiger partial charge in [0.05, 0.1) is 6.54 Å². The molecule has 0 saturated carbocycles. The lowest BCUT2D eigenvalue weighted by Gasteiger charge is -2.31. The van der Waals surface area contributed by atoms with E-state index in [2.05, 4.69) is 9.97 Å². The average molecular weight is 350 g/mol. The van der Waals surface area contributed by atoms with Crippen molar-refractivity contribution in [1.29, 1.82) is 5.26 Å². The molecule has 1 fully saturated rings. The number of ether oxygens (including phenoxy) is 1. The van der Waals surface area contributed by atoms with Crippen molar-refractivity contribution in [1.82, 2.24) is 14.3 Å². The molecule has 2 aromatic rings. The first-order chi connectivity index (χ1) is 11.1. The van der Waals surface area contributed by atoms with Crippen LogP contribution in [0.5, 0.6) is 5.88 Å². The minimum absolute atomic E-state index is 0.103. The van der Waals surface area contributed by atoms with Crippen LogP contribution < -0.4 is 4.74 Å². The van der Waals surface area contributed by atoms with Crippen molar-refractivity contribution in [2.75, 3.05) is 13.1 Å². The monoisotopic (exact) mass is 350 g/mol. The van der Waals surface area contributed by atoms with Gasteiger partial charge in [-0.25, -0.2) is 18.4 Å². The fourth-order valence-electron chi connectivity index (χ4n) is 2.40. The number of rotatable bonds is 4. The van der Waals surface area contributed by atoms with Crippen LogP contribution in [0, 0.1) is 11.3 Å². The number of nitrogens with zero attached hydrogens (tertiary/aromatic N) is 4. The summed E-state index contributed by atoms with van der Waals surface area (Å²) in [6.07, 6.45) is 3.91. The molecule has 0 bridgehead atoms. The lowest BCUT2D eigenvalue weighted by molar-refractivity contribution is 0.124. The van der Waals surface area contributed by atoms with Gasteiger partial charge < -0.3 is 4.74 Å². The second-order valence-electron chi connectivity index (χ2n) is 5.00. The van der Waals surface area contributed by atoms with Crippen LogP contribution in [0.1, 0.15) is 18.5 Å². The van der Waals surface area contributed by atoms with Crippen molar-refractivity contribution in [3.05, 3.63) is 35.6 Å². The molecular formula is C14H14N4O3S2. The molecular weight excluding hydrogens is 336 g/mol. The van der Waals surface area contributed by atoms with E-state index in [1.165, 1.54) is 28.0 Å². The summed E-state index contributed by atoms with van der Waals surface area (Å²) in [5.41, 5.74) is 0.103. The van der Waals surface area contributed by atoms with E-state index in [-0.39, 0.29) is 24.2 Å². The SMILES string of the molecule is N#Cc1nccnc1O[C@@H]1CCCN(S(=O)(=O)c2cccs2)C1. The van der Waals surface area contributed by atoms with Crippen LogP contribution in [-0.2, 0) is 10.0 Å². The van der Waals surface area contributed by atoms with E-state index in [0.29, 0.717) is 23.6 Å². The Morgan fingerprint density at radius 1 is 1.39 bits per heavy atom. The van der Waals surface area contributed by atoms with Gasteiger partial charge in [0, 0.05) is 18.9 Å². The molecule has 3 heterocycles. The van der Waals surface area contributed by atoms with Crippen LogP contribution in [0.25, 0.3) is 0 Å². The Hall–Kier alpha value is -2.02. The molecule has 1 aliphatic heterocycles. The molecule has 23 heavy (non-hydrogen) atoms. The van der Waals surface area contributed by atoms with Crippen molar-refractivity contribution < 1.29 is 13.2 Å². The standard InChI is InChI=1S/C14H14N4O3S2/c15-9-12-14(17-6-5-16-12)21-11-3-1-7-18(10-11)23(19,20)13-4-2-8-22-13/h2,4-6,8,11H,1,3,7,10H2/t11-/m1/s1. The molecule has 1 atom stereocenters. The molecule has 3 rings (SSSR count). The number of hydrogen-bond acceptors (Lipinski definition) is 7. The minimum atomic E-state index is -3.49. The molecule has 0 aromatic carbocycles. The molecule has 1 aliphatic rings. The van der Waals surface area contributed by atoms with Gasteiger partial charge in [-0.15, -0.1) is 11.3 Å². The summed E-state index contributed by atoms with van der Waals surface area (Å²) >= 11 is 1.20. The predicted octanol–water partition coefficient (Wildman–Crippen LogP) is 1.64. The van der Waals surface area contributed by atoms with E-state index in [1.807, 2.05) is 6.07 Å². The number of sulfonamides is 1. The highest BCUT2D eigenvalue weighted by Gasteiger charge is 2.32. The van der Waals surface area contributed by atoms with E-state index >= 15 is 0 Å². The Morgan fingerprint density at radius 2 is 2.22 bits per heavy atom. The van der Waals surface area contributed by atoms with E-state index in [9.17, 15) is 8.42 Å². The summed E-state index contributed by atoms with van der Waals surface area (Å²) in [4.78, 5) is 7.90. The van der Waals surface area contributed by atoms with Gasteiger partial charge in [0.1, 0.15) is 16.4 Å². The first-order valence-corrected chi connectivity index (χ1v) is 9.34. The highest BCUT2D eigenvalue weighted by Crippen LogP contribution is 2.26. The Balaban J connectivity index is 1.75. The van der Waals surface area contributed by atoms with Crippen LogP contribution in [0.3, 0.4) is 0 Å². The summed E-state index contributed by atoms with van der Waals surface area (Å²) in [7, 11) is -3.49. The smallest absolute Gasteiger partial charge is 0.252 e. The average Bonchev–Trinajstić information content (AvgIpc) is 3.11. The van der Waals surface area contributed by atoms with E-state index in [0.717, 1.165) is 0 Å². The first kappa shape index (κ1) is 15.9. The minimum Gasteiger partial charge on any atom is -0.471 e. The highest BCUT2D eigenvalue weighted by molar-refractivity contribution is 7.91. The molecule has 0 N–H and O–H groups in total. The van der Waals surface area contributed by atoms with E-state index in [4.69, 9.17) is 10.00 Å². The van der Waals surface area contributed by atoms with Crippen LogP contribution in [0.4, 0.5) is 0 Å². The fourth-order valence-corrected chi connectivity index (χ4v) is 5.06. The van der Waals surface area contributed by atoms with Gasteiger partial charge >= 0.3 is 0 Å². The maximum Gasteiger partial charge on any atom is 0.252 e. The Bertz CT molecular complexity index is 815. The van der Waals surface area contributed by atoms with Gasteiger partial charge in [0.25, 0.3) is 15.9 Å². The summed E-state index contributed by atoms with van der Waals surface area (Å²) in [6, 6.07) is 5.23. The predicted molar refractivity (Wildman–Crippen MR) is 83.5 cm³/mol. The zero-order valence-electron chi connectivity index (χ0n) is 12.1. The Kier molecular flexibility index (Phi) is 4.56. The lowest BCUT2D eigenvalue weighted by atomic mass is 10.1. The van der Waals surface area contributed by atoms with Gasteiger partial charge in [0.15, 0.2) is 0 Å². The van der Waals surface area contributed by atoms with Gasteiger partial charge in [-0.05, 0) is 24.3 Å². The molecule has 0 amide bonds. The molecule has 0 radical (unpaired) electrons. The van der Waals surface area contributed by atoms with Crippen LogP contribution in [0.15, 0.2) is 34.1 Å². The highest BCUT2D eigenvalue weighted by atomic mass is 32.2. The summed E-state index contributed by atoms with van der Waals surface area (Å²) < 4.78 is 32.6. The Labute approximate surface area is 138 Å². The van der Waals surface area contributed by atoms with Gasteiger partial charge in [-0.3, -0.25) is 0 Å². The van der Waals surface area contributed by atoms with Crippen LogP contribution in [-0.4, -0.2) is 41.9 Å². The lowest BCUT2D eigenvalue weighted by Crippen LogP contribution is -2.44. The van der Waals surface area contributed by atoms with Gasteiger partial charge in [-0.2, -0.15) is 9.57 Å². The zero-order valence-corrected chi connectivity index (χ0v) is 13.8. The molecule has 0 spiro atoms. The second-order valence-corrected chi connectivity index (χ2v) is 8.11. The largest absolute Gasteiger partial charge is 0.471 e. The summed E-state index contributed by atoms with van der Waals surface area (Å²) in [6.45, 7) is 0.702. The number of hydrogen-bond donors (Lipinski definition) is 0. The molecule has 9 heteroatoms. The van der Waals surface area contributed by atoms with Gasteiger partial charge in [0.2, 0.25) is 5.69 Å². The molecule has 0 aliphatic carbocycles. The second kappa shape index (κ2) is 6.62. The first-order valence-electron chi connectivity index (χ1n) is 7.02. The number of aromatic nitrogens is 2. The molecule has 7 nitrogen and oxygen atoms in total. The normalized spacial score (nSPS) is 19.2. The maximum atomic E-state index is 12.6. The van der Waals surface area contributed by atoms with Crippen LogP contribution >= 0.6 is 11.3 Å². The number of nitriles is 1. The number of thiophene rings is 1. The molecule has 0 unspecified atom stereocenters. The summed E-state index contributed by atoms with van der Waals surface area (Å²) in [5, 5.41) is 10.8. The van der Waals surface area contributed by atoms with Crippen LogP contribution in [0.2, 0.25) is 0 Å². The summed E-state index contributed by atoms with van der Waals surface area (Å²) in [5.74, 6) is 0.148. The topological polar surface area (TPSA) is 96.2 Å². The van der Waals surface area contributed by atoms with Crippen molar-refractivity contribution in [3.8, 4) is 11.9 Å². The van der Waals surface area contributed by atoms with Crippen molar-refractivity contribution in [2.45, 2.75) is 23.2 Å². The fraction of sp³-hybridized carbons (Fsp3) is 0.357. The van der Waals surface area contributed by atoms with Crippen molar-refractivity contribution in [3.63, 3.8) is 0 Å². The van der Waals surface area contributed by atoms with Crippen molar-refractivity contribution in [2.24, 2.45) is 0 Å². The third-order valence-electron chi connectivity index (χ3n) is 3.48. The third kappa shape index (κ3) is 3.34. The quantitative estimate of drug-likeness (QED) is 0.832. The van der Waals surface area contributed by atoms with E-state index < -0.39 is 10.0 Å². The third-order valence-corrected chi connectivity index (χ3v) is 6.72.